The highest BCUT2D eigenvalue weighted by Crippen LogP contribution is 2.20. The molecule has 0 radical (unpaired) electrons. The van der Waals surface area contributed by atoms with Gasteiger partial charge < -0.3 is 20.9 Å². The molecule has 0 aromatic heterocycles. The predicted octanol–water partition coefficient (Wildman–Crippen LogP) is 0.640. The molecule has 1 aromatic rings. The first-order valence-corrected chi connectivity index (χ1v) is 6.43. The number of ether oxygens (including phenoxy) is 1. The first-order chi connectivity index (χ1) is 9.00. The Labute approximate surface area is 112 Å². The van der Waals surface area contributed by atoms with Gasteiger partial charge in [0.1, 0.15) is 5.60 Å². The molecule has 5 heteroatoms. The maximum atomic E-state index is 12.0. The zero-order valence-corrected chi connectivity index (χ0v) is 11.1. The second-order valence-corrected chi connectivity index (χ2v) is 5.14. The largest absolute Gasteiger partial charge is 0.399 e. The van der Waals surface area contributed by atoms with Gasteiger partial charge in [-0.1, -0.05) is 12.1 Å². The minimum atomic E-state index is -0.926. The Balaban J connectivity index is 1.92. The summed E-state index contributed by atoms with van der Waals surface area (Å²) in [6, 6.07) is 7.27. The molecule has 1 heterocycles. The van der Waals surface area contributed by atoms with E-state index < -0.39 is 5.60 Å². The summed E-state index contributed by atoms with van der Waals surface area (Å²) >= 11 is 0. The SMILES string of the molecule is CC(C(=O)NCC1(O)CCOC1)c1cccc(N)c1. The lowest BCUT2D eigenvalue weighted by molar-refractivity contribution is -0.123. The summed E-state index contributed by atoms with van der Waals surface area (Å²) in [6.45, 7) is 2.86. The molecule has 1 amide bonds. The summed E-state index contributed by atoms with van der Waals surface area (Å²) in [6.07, 6.45) is 0.556. The zero-order valence-electron chi connectivity index (χ0n) is 11.1. The van der Waals surface area contributed by atoms with Crippen molar-refractivity contribution in [2.24, 2.45) is 0 Å². The summed E-state index contributed by atoms with van der Waals surface area (Å²) in [5, 5.41) is 12.8. The Kier molecular flexibility index (Phi) is 4.07. The van der Waals surface area contributed by atoms with E-state index in [1.807, 2.05) is 19.1 Å². The normalized spacial score (nSPS) is 24.1. The molecule has 2 atom stereocenters. The Bertz CT molecular complexity index is 456. The Morgan fingerprint density at radius 1 is 1.63 bits per heavy atom. The van der Waals surface area contributed by atoms with Crippen LogP contribution in [0.5, 0.6) is 0 Å². The minimum absolute atomic E-state index is 0.120. The standard InChI is InChI=1S/C14H20N2O3/c1-10(11-3-2-4-12(15)7-11)13(17)16-8-14(18)5-6-19-9-14/h2-4,7,10,18H,5-6,8-9,15H2,1H3,(H,16,17). The van der Waals surface area contributed by atoms with Crippen LogP contribution in [0, 0.1) is 0 Å². The third-order valence-electron chi connectivity index (χ3n) is 3.48. The van der Waals surface area contributed by atoms with Crippen molar-refractivity contribution >= 4 is 11.6 Å². The molecule has 2 unspecified atom stereocenters. The lowest BCUT2D eigenvalue weighted by atomic mass is 9.98. The predicted molar refractivity (Wildman–Crippen MR) is 72.7 cm³/mol. The van der Waals surface area contributed by atoms with E-state index in [1.54, 1.807) is 12.1 Å². The van der Waals surface area contributed by atoms with Gasteiger partial charge in [-0.15, -0.1) is 0 Å². The first kappa shape index (κ1) is 13.8. The maximum absolute atomic E-state index is 12.0. The van der Waals surface area contributed by atoms with Crippen LogP contribution in [0.4, 0.5) is 5.69 Å². The van der Waals surface area contributed by atoms with E-state index in [4.69, 9.17) is 10.5 Å². The highest BCUT2D eigenvalue weighted by atomic mass is 16.5. The maximum Gasteiger partial charge on any atom is 0.227 e. The van der Waals surface area contributed by atoms with Crippen LogP contribution in [0.1, 0.15) is 24.8 Å². The smallest absolute Gasteiger partial charge is 0.227 e. The van der Waals surface area contributed by atoms with Crippen molar-refractivity contribution in [3.8, 4) is 0 Å². The van der Waals surface area contributed by atoms with Gasteiger partial charge >= 0.3 is 0 Å². The van der Waals surface area contributed by atoms with Crippen molar-refractivity contribution in [3.63, 3.8) is 0 Å². The first-order valence-electron chi connectivity index (χ1n) is 6.43. The molecule has 1 aliphatic heterocycles. The summed E-state index contributed by atoms with van der Waals surface area (Å²) in [7, 11) is 0. The van der Waals surface area contributed by atoms with E-state index >= 15 is 0 Å². The van der Waals surface area contributed by atoms with E-state index in [0.29, 0.717) is 18.7 Å². The van der Waals surface area contributed by atoms with Crippen molar-refractivity contribution < 1.29 is 14.6 Å². The lowest BCUT2D eigenvalue weighted by Gasteiger charge is -2.22. The van der Waals surface area contributed by atoms with Gasteiger partial charge in [0.05, 0.1) is 12.5 Å². The van der Waals surface area contributed by atoms with Crippen molar-refractivity contribution in [2.45, 2.75) is 24.9 Å². The van der Waals surface area contributed by atoms with Gasteiger partial charge in [-0.05, 0) is 24.6 Å². The molecule has 0 bridgehead atoms. The van der Waals surface area contributed by atoms with Gasteiger partial charge in [-0.3, -0.25) is 4.79 Å². The number of anilines is 1. The second kappa shape index (κ2) is 5.59. The molecule has 0 spiro atoms. The van der Waals surface area contributed by atoms with Crippen molar-refractivity contribution in [3.05, 3.63) is 29.8 Å². The van der Waals surface area contributed by atoms with E-state index in [2.05, 4.69) is 5.32 Å². The third kappa shape index (κ3) is 3.45. The second-order valence-electron chi connectivity index (χ2n) is 5.14. The highest BCUT2D eigenvalue weighted by molar-refractivity contribution is 5.83. The van der Waals surface area contributed by atoms with Crippen LogP contribution in [0.2, 0.25) is 0 Å². The number of carbonyl (C=O) groups is 1. The molecule has 2 rings (SSSR count). The van der Waals surface area contributed by atoms with Crippen molar-refractivity contribution in [1.29, 1.82) is 0 Å². The number of benzene rings is 1. The van der Waals surface area contributed by atoms with Gasteiger partial charge in [0.2, 0.25) is 5.91 Å². The number of nitrogens with one attached hydrogen (secondary N) is 1. The molecule has 5 nitrogen and oxygen atoms in total. The fourth-order valence-electron chi connectivity index (χ4n) is 2.12. The molecule has 1 aromatic carbocycles. The van der Waals surface area contributed by atoms with E-state index in [1.165, 1.54) is 0 Å². The number of amides is 1. The van der Waals surface area contributed by atoms with Crippen LogP contribution in [0.3, 0.4) is 0 Å². The van der Waals surface area contributed by atoms with Gasteiger partial charge in [-0.25, -0.2) is 0 Å². The van der Waals surface area contributed by atoms with Crippen LogP contribution < -0.4 is 11.1 Å². The molecular weight excluding hydrogens is 244 g/mol. The van der Waals surface area contributed by atoms with Crippen LogP contribution in [-0.2, 0) is 9.53 Å². The quantitative estimate of drug-likeness (QED) is 0.697. The van der Waals surface area contributed by atoms with Crippen molar-refractivity contribution in [1.82, 2.24) is 5.32 Å². The van der Waals surface area contributed by atoms with Crippen LogP contribution >= 0.6 is 0 Å². The summed E-state index contributed by atoms with van der Waals surface area (Å²) in [5.74, 6) is -0.416. The van der Waals surface area contributed by atoms with Gasteiger partial charge in [0.15, 0.2) is 0 Å². The van der Waals surface area contributed by atoms with Crippen LogP contribution in [0.15, 0.2) is 24.3 Å². The van der Waals surface area contributed by atoms with Gasteiger partial charge in [0, 0.05) is 25.3 Å². The summed E-state index contributed by atoms with van der Waals surface area (Å²) < 4.78 is 5.14. The average Bonchev–Trinajstić information content (AvgIpc) is 2.82. The number of hydrogen-bond donors (Lipinski definition) is 3. The molecule has 19 heavy (non-hydrogen) atoms. The molecular formula is C14H20N2O3. The van der Waals surface area contributed by atoms with Crippen LogP contribution in [-0.4, -0.2) is 36.4 Å². The lowest BCUT2D eigenvalue weighted by Crippen LogP contribution is -2.44. The molecule has 104 valence electrons. The molecule has 4 N–H and O–H groups in total. The Morgan fingerprint density at radius 3 is 3.05 bits per heavy atom. The Morgan fingerprint density at radius 2 is 2.42 bits per heavy atom. The van der Waals surface area contributed by atoms with E-state index in [-0.39, 0.29) is 25.0 Å². The monoisotopic (exact) mass is 264 g/mol. The molecule has 0 aliphatic carbocycles. The van der Waals surface area contributed by atoms with Crippen LogP contribution in [0.25, 0.3) is 0 Å². The molecule has 1 fully saturated rings. The van der Waals surface area contributed by atoms with E-state index in [9.17, 15) is 9.90 Å². The van der Waals surface area contributed by atoms with Gasteiger partial charge in [0.25, 0.3) is 0 Å². The number of aliphatic hydroxyl groups is 1. The molecule has 1 aliphatic rings. The average molecular weight is 264 g/mol. The molecule has 0 saturated carbocycles. The topological polar surface area (TPSA) is 84.6 Å². The number of nitrogen functional groups attached to an aromatic ring is 1. The number of rotatable bonds is 4. The van der Waals surface area contributed by atoms with E-state index in [0.717, 1.165) is 5.56 Å². The number of carbonyl (C=O) groups excluding carboxylic acids is 1. The Hall–Kier alpha value is -1.59. The minimum Gasteiger partial charge on any atom is -0.399 e. The fraction of sp³-hybridized carbons (Fsp3) is 0.500. The summed E-state index contributed by atoms with van der Waals surface area (Å²) in [4.78, 5) is 12.0. The highest BCUT2D eigenvalue weighted by Gasteiger charge is 2.33. The molecule has 1 saturated heterocycles. The zero-order chi connectivity index (χ0) is 13.9. The number of nitrogens with two attached hydrogens (primary N) is 1. The van der Waals surface area contributed by atoms with Crippen molar-refractivity contribution in [2.75, 3.05) is 25.5 Å². The van der Waals surface area contributed by atoms with Gasteiger partial charge in [-0.2, -0.15) is 0 Å². The third-order valence-corrected chi connectivity index (χ3v) is 3.48. The fourth-order valence-corrected chi connectivity index (χ4v) is 2.12. The number of hydrogen-bond acceptors (Lipinski definition) is 4. The summed E-state index contributed by atoms with van der Waals surface area (Å²) in [5.41, 5.74) is 6.28.